The molecule has 0 radical (unpaired) electrons. The van der Waals surface area contributed by atoms with Crippen LogP contribution in [0.2, 0.25) is 0 Å². The summed E-state index contributed by atoms with van der Waals surface area (Å²) < 4.78 is 0. The Labute approximate surface area is 127 Å². The number of nitrogens with two attached hydrogens (primary N) is 1. The molecule has 0 aromatic heterocycles. The number of carbonyl (C=O) groups is 2. The van der Waals surface area contributed by atoms with E-state index in [0.29, 0.717) is 6.54 Å². The minimum atomic E-state index is -0.328. The minimum absolute atomic E-state index is 0.122. The van der Waals surface area contributed by atoms with E-state index >= 15 is 0 Å². The predicted molar refractivity (Wildman–Crippen MR) is 82.5 cm³/mol. The van der Waals surface area contributed by atoms with Crippen LogP contribution >= 0.6 is 0 Å². The van der Waals surface area contributed by atoms with E-state index < -0.39 is 0 Å². The van der Waals surface area contributed by atoms with E-state index in [9.17, 15) is 9.59 Å². The molecule has 5 heteroatoms. The van der Waals surface area contributed by atoms with Gasteiger partial charge in [-0.25, -0.2) is 0 Å². The Balaban J connectivity index is 1.82. The fraction of sp³-hybridized carbons (Fsp3) is 0.875. The number of piperidine rings is 1. The van der Waals surface area contributed by atoms with E-state index in [1.807, 2.05) is 25.7 Å². The summed E-state index contributed by atoms with van der Waals surface area (Å²) in [5.41, 5.74) is 5.14. The van der Waals surface area contributed by atoms with Crippen LogP contribution in [0.25, 0.3) is 0 Å². The third-order valence-electron chi connectivity index (χ3n) is 4.94. The Bertz CT molecular complexity index is 397. The first-order chi connectivity index (χ1) is 9.78. The van der Waals surface area contributed by atoms with Gasteiger partial charge in [0.1, 0.15) is 0 Å². The van der Waals surface area contributed by atoms with E-state index in [0.717, 1.165) is 45.2 Å². The topological polar surface area (TPSA) is 75.4 Å². The molecule has 0 bridgehead atoms. The summed E-state index contributed by atoms with van der Waals surface area (Å²) in [5.74, 6) is 0.321. The van der Waals surface area contributed by atoms with E-state index in [1.54, 1.807) is 0 Å². The molecule has 1 saturated carbocycles. The number of nitrogens with zero attached hydrogens (tertiary/aromatic N) is 1. The zero-order chi connectivity index (χ0) is 15.7. The SMILES string of the molecule is CC(C)(C)C(=O)N1CCC(NC(=O)C2(CN)CCC2)CC1. The average molecular weight is 295 g/mol. The van der Waals surface area contributed by atoms with E-state index in [4.69, 9.17) is 5.73 Å². The quantitative estimate of drug-likeness (QED) is 0.823. The highest BCUT2D eigenvalue weighted by atomic mass is 16.2. The van der Waals surface area contributed by atoms with Crippen molar-refractivity contribution >= 4 is 11.8 Å². The minimum Gasteiger partial charge on any atom is -0.353 e. The Morgan fingerprint density at radius 1 is 1.24 bits per heavy atom. The Kier molecular flexibility index (Phi) is 4.61. The van der Waals surface area contributed by atoms with Crippen molar-refractivity contribution in [3.8, 4) is 0 Å². The van der Waals surface area contributed by atoms with Crippen molar-refractivity contribution in [2.45, 2.75) is 58.9 Å². The summed E-state index contributed by atoms with van der Waals surface area (Å²) in [6, 6.07) is 0.186. The molecule has 5 nitrogen and oxygen atoms in total. The maximum atomic E-state index is 12.3. The average Bonchev–Trinajstić information content (AvgIpc) is 2.37. The van der Waals surface area contributed by atoms with Crippen molar-refractivity contribution in [2.75, 3.05) is 19.6 Å². The molecular formula is C16H29N3O2. The molecule has 120 valence electrons. The molecule has 0 atom stereocenters. The van der Waals surface area contributed by atoms with E-state index in [-0.39, 0.29) is 28.7 Å². The molecule has 0 spiro atoms. The molecule has 2 amide bonds. The van der Waals surface area contributed by atoms with Gasteiger partial charge in [0.2, 0.25) is 11.8 Å². The number of carbonyl (C=O) groups excluding carboxylic acids is 2. The van der Waals surface area contributed by atoms with Crippen LogP contribution in [0.1, 0.15) is 52.9 Å². The van der Waals surface area contributed by atoms with Crippen LogP contribution in [-0.2, 0) is 9.59 Å². The highest BCUT2D eigenvalue weighted by molar-refractivity contribution is 5.84. The predicted octanol–water partition coefficient (Wildman–Crippen LogP) is 1.27. The normalized spacial score (nSPS) is 22.6. The molecule has 1 saturated heterocycles. The molecule has 2 aliphatic rings. The molecule has 0 unspecified atom stereocenters. The van der Waals surface area contributed by atoms with Crippen LogP contribution in [0.15, 0.2) is 0 Å². The molecule has 2 fully saturated rings. The first kappa shape index (κ1) is 16.3. The van der Waals surface area contributed by atoms with Crippen LogP contribution in [0.3, 0.4) is 0 Å². The number of hydrogen-bond donors (Lipinski definition) is 2. The molecular weight excluding hydrogens is 266 g/mol. The largest absolute Gasteiger partial charge is 0.353 e. The van der Waals surface area contributed by atoms with Gasteiger partial charge in [-0.1, -0.05) is 27.2 Å². The van der Waals surface area contributed by atoms with Gasteiger partial charge < -0.3 is 16.0 Å². The third-order valence-corrected chi connectivity index (χ3v) is 4.94. The molecule has 0 aromatic carbocycles. The van der Waals surface area contributed by atoms with Gasteiger partial charge in [0.15, 0.2) is 0 Å². The summed E-state index contributed by atoms with van der Waals surface area (Å²) in [4.78, 5) is 26.5. The van der Waals surface area contributed by atoms with Gasteiger partial charge in [-0.05, 0) is 25.7 Å². The second kappa shape index (κ2) is 5.95. The molecule has 1 aliphatic carbocycles. The second-order valence-electron chi connectivity index (χ2n) is 7.63. The monoisotopic (exact) mass is 295 g/mol. The smallest absolute Gasteiger partial charge is 0.227 e. The molecule has 21 heavy (non-hydrogen) atoms. The highest BCUT2D eigenvalue weighted by Crippen LogP contribution is 2.40. The van der Waals surface area contributed by atoms with Crippen LogP contribution in [-0.4, -0.2) is 42.4 Å². The first-order valence-corrected chi connectivity index (χ1v) is 8.09. The lowest BCUT2D eigenvalue weighted by molar-refractivity contribution is -0.141. The lowest BCUT2D eigenvalue weighted by Crippen LogP contribution is -2.55. The third kappa shape index (κ3) is 3.39. The van der Waals surface area contributed by atoms with Crippen molar-refractivity contribution in [3.63, 3.8) is 0 Å². The molecule has 3 N–H and O–H groups in total. The summed E-state index contributed by atoms with van der Waals surface area (Å²) in [5, 5.41) is 3.15. The van der Waals surface area contributed by atoms with Gasteiger partial charge in [-0.15, -0.1) is 0 Å². The van der Waals surface area contributed by atoms with Gasteiger partial charge in [0, 0.05) is 31.1 Å². The van der Waals surface area contributed by atoms with Crippen LogP contribution < -0.4 is 11.1 Å². The Morgan fingerprint density at radius 3 is 2.19 bits per heavy atom. The van der Waals surface area contributed by atoms with Gasteiger partial charge in [0.25, 0.3) is 0 Å². The molecule has 1 heterocycles. The second-order valence-corrected chi connectivity index (χ2v) is 7.63. The summed E-state index contributed by atoms with van der Waals surface area (Å²) >= 11 is 0. The highest BCUT2D eigenvalue weighted by Gasteiger charge is 2.43. The molecule has 0 aromatic rings. The summed E-state index contributed by atoms with van der Waals surface area (Å²) in [7, 11) is 0. The van der Waals surface area contributed by atoms with Crippen molar-refractivity contribution < 1.29 is 9.59 Å². The zero-order valence-corrected chi connectivity index (χ0v) is 13.6. The van der Waals surface area contributed by atoms with Crippen LogP contribution in [0.5, 0.6) is 0 Å². The van der Waals surface area contributed by atoms with Crippen LogP contribution in [0.4, 0.5) is 0 Å². The number of rotatable bonds is 3. The van der Waals surface area contributed by atoms with Crippen molar-refractivity contribution in [1.82, 2.24) is 10.2 Å². The fourth-order valence-electron chi connectivity index (χ4n) is 3.17. The number of hydrogen-bond acceptors (Lipinski definition) is 3. The van der Waals surface area contributed by atoms with Gasteiger partial charge in [-0.2, -0.15) is 0 Å². The number of amides is 2. The van der Waals surface area contributed by atoms with Crippen molar-refractivity contribution in [2.24, 2.45) is 16.6 Å². The van der Waals surface area contributed by atoms with Gasteiger partial charge in [0.05, 0.1) is 5.41 Å². The summed E-state index contributed by atoms with van der Waals surface area (Å²) in [6.45, 7) is 7.76. The Hall–Kier alpha value is -1.10. The molecule has 2 rings (SSSR count). The lowest BCUT2D eigenvalue weighted by Gasteiger charge is -2.41. The van der Waals surface area contributed by atoms with E-state index in [1.165, 1.54) is 0 Å². The maximum absolute atomic E-state index is 12.3. The van der Waals surface area contributed by atoms with Crippen LogP contribution in [0, 0.1) is 10.8 Å². The van der Waals surface area contributed by atoms with Crippen molar-refractivity contribution in [1.29, 1.82) is 0 Å². The van der Waals surface area contributed by atoms with E-state index in [2.05, 4.69) is 5.32 Å². The Morgan fingerprint density at radius 2 is 1.81 bits per heavy atom. The summed E-state index contributed by atoms with van der Waals surface area (Å²) in [6.07, 6.45) is 4.61. The van der Waals surface area contributed by atoms with Crippen molar-refractivity contribution in [3.05, 3.63) is 0 Å². The maximum Gasteiger partial charge on any atom is 0.227 e. The number of nitrogens with one attached hydrogen (secondary N) is 1. The lowest BCUT2D eigenvalue weighted by atomic mass is 9.68. The van der Waals surface area contributed by atoms with Gasteiger partial charge in [-0.3, -0.25) is 9.59 Å². The molecule has 1 aliphatic heterocycles. The standard InChI is InChI=1S/C16H29N3O2/c1-15(2,3)14(21)19-9-5-12(6-10-19)18-13(20)16(11-17)7-4-8-16/h12H,4-11,17H2,1-3H3,(H,18,20). The zero-order valence-electron chi connectivity index (χ0n) is 13.6. The first-order valence-electron chi connectivity index (χ1n) is 8.09. The number of likely N-dealkylation sites (tertiary alicyclic amines) is 1. The van der Waals surface area contributed by atoms with Gasteiger partial charge >= 0.3 is 0 Å². The fourth-order valence-corrected chi connectivity index (χ4v) is 3.17.